The van der Waals surface area contributed by atoms with E-state index in [1.54, 1.807) is 6.92 Å². The minimum absolute atomic E-state index is 0.203. The molecule has 14 heavy (non-hydrogen) atoms. The van der Waals surface area contributed by atoms with Gasteiger partial charge in [0.2, 0.25) is 0 Å². The molecule has 0 amide bonds. The molecular weight excluding hydrogens is 198 g/mol. The first-order chi connectivity index (χ1) is 6.50. The quantitative estimate of drug-likeness (QED) is 0.806. The van der Waals surface area contributed by atoms with Gasteiger partial charge in [-0.2, -0.15) is 0 Å². The van der Waals surface area contributed by atoms with Crippen molar-refractivity contribution in [2.45, 2.75) is 32.4 Å². The van der Waals surface area contributed by atoms with Gasteiger partial charge in [0.15, 0.2) is 0 Å². The fourth-order valence-electron chi connectivity index (χ4n) is 1.26. The van der Waals surface area contributed by atoms with Gasteiger partial charge in [0.1, 0.15) is 0 Å². The molecule has 1 unspecified atom stereocenters. The highest BCUT2D eigenvalue weighted by Gasteiger charge is 2.10. The van der Waals surface area contributed by atoms with Crippen molar-refractivity contribution in [3.63, 3.8) is 0 Å². The SMILES string of the molecule is Cc1cc(CC(O)[C@@H](C)N)ccc1Cl. The highest BCUT2D eigenvalue weighted by Crippen LogP contribution is 2.17. The summed E-state index contributed by atoms with van der Waals surface area (Å²) < 4.78 is 0. The van der Waals surface area contributed by atoms with E-state index in [0.717, 1.165) is 16.1 Å². The van der Waals surface area contributed by atoms with E-state index in [0.29, 0.717) is 6.42 Å². The second kappa shape index (κ2) is 4.78. The van der Waals surface area contributed by atoms with E-state index >= 15 is 0 Å². The number of aryl methyl sites for hydroxylation is 1. The van der Waals surface area contributed by atoms with Gasteiger partial charge < -0.3 is 10.8 Å². The van der Waals surface area contributed by atoms with Crippen molar-refractivity contribution >= 4 is 11.6 Å². The number of benzene rings is 1. The molecule has 0 saturated heterocycles. The third kappa shape index (κ3) is 2.98. The van der Waals surface area contributed by atoms with Crippen LogP contribution in [-0.2, 0) is 6.42 Å². The zero-order valence-electron chi connectivity index (χ0n) is 8.50. The fourth-order valence-corrected chi connectivity index (χ4v) is 1.38. The molecule has 0 heterocycles. The zero-order valence-corrected chi connectivity index (χ0v) is 9.25. The van der Waals surface area contributed by atoms with E-state index < -0.39 is 6.10 Å². The van der Waals surface area contributed by atoms with Gasteiger partial charge in [-0.15, -0.1) is 0 Å². The van der Waals surface area contributed by atoms with Gasteiger partial charge >= 0.3 is 0 Å². The van der Waals surface area contributed by atoms with Crippen LogP contribution < -0.4 is 5.73 Å². The van der Waals surface area contributed by atoms with Gasteiger partial charge in [-0.05, 0) is 37.5 Å². The first kappa shape index (κ1) is 11.5. The van der Waals surface area contributed by atoms with Crippen LogP contribution in [0.4, 0.5) is 0 Å². The van der Waals surface area contributed by atoms with Gasteiger partial charge in [0.05, 0.1) is 6.10 Å². The summed E-state index contributed by atoms with van der Waals surface area (Å²) in [6.07, 6.45) is 0.0888. The van der Waals surface area contributed by atoms with Crippen LogP contribution in [0.3, 0.4) is 0 Å². The van der Waals surface area contributed by atoms with Crippen LogP contribution in [0, 0.1) is 6.92 Å². The van der Waals surface area contributed by atoms with Gasteiger partial charge in [-0.25, -0.2) is 0 Å². The molecule has 2 atom stereocenters. The Kier molecular flexibility index (Phi) is 3.93. The largest absolute Gasteiger partial charge is 0.391 e. The van der Waals surface area contributed by atoms with Crippen LogP contribution in [0.25, 0.3) is 0 Å². The maximum absolute atomic E-state index is 9.58. The van der Waals surface area contributed by atoms with Crippen molar-refractivity contribution in [1.29, 1.82) is 0 Å². The Morgan fingerprint density at radius 3 is 2.64 bits per heavy atom. The summed E-state index contributed by atoms with van der Waals surface area (Å²) in [6.45, 7) is 3.75. The van der Waals surface area contributed by atoms with Gasteiger partial charge in [0, 0.05) is 11.1 Å². The number of hydrogen-bond acceptors (Lipinski definition) is 2. The van der Waals surface area contributed by atoms with E-state index in [1.165, 1.54) is 0 Å². The Morgan fingerprint density at radius 1 is 1.50 bits per heavy atom. The Bertz CT molecular complexity index is 312. The van der Waals surface area contributed by atoms with E-state index in [2.05, 4.69) is 0 Å². The molecule has 0 aliphatic heterocycles. The highest BCUT2D eigenvalue weighted by atomic mass is 35.5. The molecule has 0 aromatic heterocycles. The van der Waals surface area contributed by atoms with Crippen LogP contribution in [0.15, 0.2) is 18.2 Å². The predicted molar refractivity (Wildman–Crippen MR) is 59.5 cm³/mol. The van der Waals surface area contributed by atoms with Gasteiger partial charge in [-0.1, -0.05) is 23.7 Å². The van der Waals surface area contributed by atoms with Gasteiger partial charge in [-0.3, -0.25) is 0 Å². The summed E-state index contributed by atoms with van der Waals surface area (Å²) in [7, 11) is 0. The molecule has 3 N–H and O–H groups in total. The van der Waals surface area contributed by atoms with Crippen LogP contribution in [0.1, 0.15) is 18.1 Å². The lowest BCUT2D eigenvalue weighted by molar-refractivity contribution is 0.151. The third-order valence-electron chi connectivity index (χ3n) is 2.27. The smallest absolute Gasteiger partial charge is 0.0728 e. The van der Waals surface area contributed by atoms with Crippen molar-refractivity contribution in [2.24, 2.45) is 5.73 Å². The Hall–Kier alpha value is -0.570. The summed E-state index contributed by atoms with van der Waals surface area (Å²) >= 11 is 5.89. The van der Waals surface area contributed by atoms with E-state index in [1.807, 2.05) is 25.1 Å². The minimum atomic E-state index is -0.490. The van der Waals surface area contributed by atoms with Crippen LogP contribution >= 0.6 is 11.6 Å². The average Bonchev–Trinajstić information content (AvgIpc) is 2.11. The number of hydrogen-bond donors (Lipinski definition) is 2. The normalized spacial score (nSPS) is 15.2. The van der Waals surface area contributed by atoms with E-state index in [-0.39, 0.29) is 6.04 Å². The molecular formula is C11H16ClNO. The third-order valence-corrected chi connectivity index (χ3v) is 2.70. The molecule has 1 aromatic carbocycles. The standard InChI is InChI=1S/C11H16ClNO/c1-7-5-9(3-4-10(7)12)6-11(14)8(2)13/h3-5,8,11,14H,6,13H2,1-2H3/t8-,11?/m1/s1. The molecule has 1 aromatic rings. The molecule has 3 heteroatoms. The molecule has 1 rings (SSSR count). The average molecular weight is 214 g/mol. The summed E-state index contributed by atoms with van der Waals surface area (Å²) in [4.78, 5) is 0. The van der Waals surface area contributed by atoms with Crippen LogP contribution in [0.5, 0.6) is 0 Å². The highest BCUT2D eigenvalue weighted by molar-refractivity contribution is 6.31. The molecule has 0 aliphatic carbocycles. The predicted octanol–water partition coefficient (Wildman–Crippen LogP) is 1.90. The molecule has 0 spiro atoms. The summed E-state index contributed by atoms with van der Waals surface area (Å²) in [5.74, 6) is 0. The van der Waals surface area contributed by atoms with Crippen molar-refractivity contribution in [3.05, 3.63) is 34.3 Å². The molecule has 0 radical (unpaired) electrons. The van der Waals surface area contributed by atoms with Crippen LogP contribution in [-0.4, -0.2) is 17.3 Å². The van der Waals surface area contributed by atoms with E-state index in [9.17, 15) is 5.11 Å². The monoisotopic (exact) mass is 213 g/mol. The van der Waals surface area contributed by atoms with Crippen molar-refractivity contribution in [3.8, 4) is 0 Å². The number of rotatable bonds is 3. The van der Waals surface area contributed by atoms with Gasteiger partial charge in [0.25, 0.3) is 0 Å². The van der Waals surface area contributed by atoms with E-state index in [4.69, 9.17) is 17.3 Å². The summed E-state index contributed by atoms with van der Waals surface area (Å²) in [5, 5.41) is 10.3. The Morgan fingerprint density at radius 2 is 2.14 bits per heavy atom. The van der Waals surface area contributed by atoms with Crippen molar-refractivity contribution < 1.29 is 5.11 Å². The summed E-state index contributed by atoms with van der Waals surface area (Å²) in [6, 6.07) is 5.54. The number of aliphatic hydroxyl groups is 1. The maximum atomic E-state index is 9.58. The first-order valence-corrected chi connectivity index (χ1v) is 5.07. The maximum Gasteiger partial charge on any atom is 0.0728 e. The van der Waals surface area contributed by atoms with Crippen LogP contribution in [0.2, 0.25) is 5.02 Å². The number of halogens is 1. The minimum Gasteiger partial charge on any atom is -0.391 e. The molecule has 0 saturated carbocycles. The molecule has 78 valence electrons. The van der Waals surface area contributed by atoms with Crippen molar-refractivity contribution in [1.82, 2.24) is 0 Å². The molecule has 2 nitrogen and oxygen atoms in total. The lowest BCUT2D eigenvalue weighted by Crippen LogP contribution is -2.33. The zero-order chi connectivity index (χ0) is 10.7. The Balaban J connectivity index is 2.73. The topological polar surface area (TPSA) is 46.2 Å². The molecule has 0 bridgehead atoms. The molecule has 0 aliphatic rings. The number of aliphatic hydroxyl groups excluding tert-OH is 1. The fraction of sp³-hybridized carbons (Fsp3) is 0.455. The number of nitrogens with two attached hydrogens (primary N) is 1. The molecule has 0 fully saturated rings. The lowest BCUT2D eigenvalue weighted by Gasteiger charge is -2.14. The summed E-state index contributed by atoms with van der Waals surface area (Å²) in [5.41, 5.74) is 7.67. The second-order valence-corrected chi connectivity index (χ2v) is 4.12. The first-order valence-electron chi connectivity index (χ1n) is 4.69. The Labute approximate surface area is 89.7 Å². The lowest BCUT2D eigenvalue weighted by atomic mass is 10.0. The second-order valence-electron chi connectivity index (χ2n) is 3.71. The van der Waals surface area contributed by atoms with Crippen molar-refractivity contribution in [2.75, 3.05) is 0 Å².